The second kappa shape index (κ2) is 11.5. The fraction of sp³-hybridized carbons (Fsp3) is 0.514. The number of cyclic esters (lactones) is 1. The zero-order chi connectivity index (χ0) is 30.4. The first kappa shape index (κ1) is 29.6. The number of allylic oxidation sites excluding steroid dienone is 1. The Morgan fingerprint density at radius 3 is 2.51 bits per heavy atom. The van der Waals surface area contributed by atoms with E-state index in [1.165, 1.54) is 0 Å². The van der Waals surface area contributed by atoms with Crippen molar-refractivity contribution in [1.82, 2.24) is 4.90 Å². The minimum Gasteiger partial charge on any atom is -0.465 e. The van der Waals surface area contributed by atoms with Gasteiger partial charge in [0.25, 0.3) is 5.91 Å². The number of benzene rings is 2. The quantitative estimate of drug-likeness (QED) is 0.386. The number of hydrogen-bond donors (Lipinski definition) is 1. The molecule has 4 aliphatic rings. The lowest BCUT2D eigenvalue weighted by Gasteiger charge is -2.42. The molecule has 4 aliphatic heterocycles. The number of amides is 2. The molecule has 2 amide bonds. The highest BCUT2D eigenvalue weighted by molar-refractivity contribution is 6.06. The van der Waals surface area contributed by atoms with E-state index in [9.17, 15) is 19.5 Å². The first-order chi connectivity index (χ1) is 20.8. The lowest BCUT2D eigenvalue weighted by Crippen LogP contribution is -2.60. The summed E-state index contributed by atoms with van der Waals surface area (Å²) in [7, 11) is 0. The Hall–Kier alpha value is -3.49. The monoisotopic (exact) mass is 586 g/mol. The molecule has 6 rings (SSSR count). The van der Waals surface area contributed by atoms with E-state index in [0.717, 1.165) is 30.0 Å². The number of aliphatic hydroxyl groups excluding tert-OH is 1. The van der Waals surface area contributed by atoms with Crippen LogP contribution in [0.4, 0.5) is 5.69 Å². The van der Waals surface area contributed by atoms with Crippen LogP contribution in [0.5, 0.6) is 0 Å². The Bertz CT molecular complexity index is 1470. The molecule has 1 spiro atoms. The molecule has 2 aromatic rings. The molecule has 8 nitrogen and oxygen atoms in total. The molecule has 4 heterocycles. The number of rotatable bonds is 6. The summed E-state index contributed by atoms with van der Waals surface area (Å²) in [4.78, 5) is 46.8. The molecule has 1 unspecified atom stereocenters. The topological polar surface area (TPSA) is 96.4 Å². The molecule has 0 aliphatic carbocycles. The first-order valence-corrected chi connectivity index (χ1v) is 15.8. The molecule has 0 radical (unpaired) electrons. The molecule has 8 heteroatoms. The zero-order valence-corrected chi connectivity index (χ0v) is 25.3. The Morgan fingerprint density at radius 2 is 1.77 bits per heavy atom. The van der Waals surface area contributed by atoms with E-state index >= 15 is 0 Å². The molecule has 0 aromatic heterocycles. The predicted molar refractivity (Wildman–Crippen MR) is 164 cm³/mol. The number of carbonyl (C=O) groups excluding carboxylic acids is 3. The highest BCUT2D eigenvalue weighted by Crippen LogP contribution is 2.59. The molecule has 7 atom stereocenters. The van der Waals surface area contributed by atoms with Crippen LogP contribution in [0.1, 0.15) is 52.9 Å². The van der Waals surface area contributed by atoms with Crippen LogP contribution in [0.15, 0.2) is 66.8 Å². The Kier molecular flexibility index (Phi) is 7.94. The average molecular weight is 587 g/mol. The van der Waals surface area contributed by atoms with Gasteiger partial charge >= 0.3 is 5.97 Å². The smallest absolute Gasteiger partial charge is 0.313 e. The maximum absolute atomic E-state index is 14.9. The van der Waals surface area contributed by atoms with E-state index in [1.54, 1.807) is 9.80 Å². The number of ether oxygens (including phenoxy) is 2. The van der Waals surface area contributed by atoms with Crippen molar-refractivity contribution in [2.75, 3.05) is 24.7 Å². The van der Waals surface area contributed by atoms with Crippen LogP contribution in [0.2, 0.25) is 0 Å². The summed E-state index contributed by atoms with van der Waals surface area (Å²) in [6.07, 6.45) is 11.3. The minimum absolute atomic E-state index is 0.0918. The van der Waals surface area contributed by atoms with Crippen LogP contribution in [0.3, 0.4) is 0 Å². The van der Waals surface area contributed by atoms with Gasteiger partial charge in [-0.2, -0.15) is 0 Å². The summed E-state index contributed by atoms with van der Waals surface area (Å²) < 4.78 is 12.8. The van der Waals surface area contributed by atoms with Crippen LogP contribution in [0.25, 0.3) is 10.8 Å². The zero-order valence-electron chi connectivity index (χ0n) is 25.3. The molecular formula is C35H42N2O6. The average Bonchev–Trinajstić information content (AvgIpc) is 3.38. The van der Waals surface area contributed by atoms with E-state index < -0.39 is 41.1 Å². The summed E-state index contributed by atoms with van der Waals surface area (Å²) in [6, 6.07) is 12.2. The third kappa shape index (κ3) is 4.61. The molecule has 43 heavy (non-hydrogen) atoms. The lowest BCUT2D eigenvalue weighted by molar-refractivity contribution is -0.162. The summed E-state index contributed by atoms with van der Waals surface area (Å²) in [6.45, 7) is 6.18. The normalized spacial score (nSPS) is 32.9. The number of anilines is 1. The third-order valence-corrected chi connectivity index (χ3v) is 10.2. The van der Waals surface area contributed by atoms with Crippen molar-refractivity contribution in [1.29, 1.82) is 0 Å². The molecule has 2 aromatic carbocycles. The second-order valence-corrected chi connectivity index (χ2v) is 12.5. The fourth-order valence-corrected chi connectivity index (χ4v) is 7.73. The molecule has 0 saturated carbocycles. The van der Waals surface area contributed by atoms with Crippen LogP contribution < -0.4 is 4.90 Å². The van der Waals surface area contributed by atoms with Gasteiger partial charge in [-0.15, -0.1) is 0 Å². The van der Waals surface area contributed by atoms with Gasteiger partial charge in [-0.25, -0.2) is 0 Å². The molecule has 228 valence electrons. The van der Waals surface area contributed by atoms with Crippen LogP contribution in [-0.2, 0) is 23.9 Å². The number of fused-ring (bicyclic) bond motifs is 3. The molecule has 2 fully saturated rings. The maximum atomic E-state index is 14.9. The van der Waals surface area contributed by atoms with Crippen molar-refractivity contribution in [3.8, 4) is 0 Å². The van der Waals surface area contributed by atoms with Gasteiger partial charge in [-0.05, 0) is 54.5 Å². The van der Waals surface area contributed by atoms with Crippen molar-refractivity contribution in [2.24, 2.45) is 17.8 Å². The standard InChI is InChI=1S/C35H42N2O6/c1-4-23(3)27(22-38)37-30-32(40)36(26-16-15-24-13-8-9-14-25(24)21-26)19-12-18-35(30)28(31(37)39)29-33(41)42-20-11-7-6-10-17-34(29,5-2)43-35/h8-10,12-18,21,23,27-30,38H,4-7,11,19-20,22H2,1-3H3/b17-10-/t23-,27-,28-,29+,30?,34-,35-/m0/s1. The van der Waals surface area contributed by atoms with Gasteiger partial charge in [0.05, 0.1) is 25.2 Å². The molecule has 0 bridgehead atoms. The van der Waals surface area contributed by atoms with Gasteiger partial charge in [0.2, 0.25) is 5.91 Å². The Balaban J connectivity index is 1.53. The van der Waals surface area contributed by atoms with E-state index in [-0.39, 0.29) is 37.5 Å². The predicted octanol–water partition coefficient (Wildman–Crippen LogP) is 4.79. The number of aliphatic hydroxyl groups is 1. The lowest BCUT2D eigenvalue weighted by atomic mass is 9.73. The number of esters is 1. The molecule has 1 N–H and O–H groups in total. The van der Waals surface area contributed by atoms with E-state index in [1.807, 2.05) is 87.5 Å². The fourth-order valence-electron chi connectivity index (χ4n) is 7.73. The van der Waals surface area contributed by atoms with Crippen molar-refractivity contribution >= 4 is 34.2 Å². The van der Waals surface area contributed by atoms with E-state index in [2.05, 4.69) is 0 Å². The van der Waals surface area contributed by atoms with Gasteiger partial charge in [0.15, 0.2) is 0 Å². The van der Waals surface area contributed by atoms with Gasteiger partial charge < -0.3 is 24.4 Å². The van der Waals surface area contributed by atoms with Crippen LogP contribution in [0, 0.1) is 17.8 Å². The number of carbonyl (C=O) groups is 3. The number of nitrogens with zero attached hydrogens (tertiary/aromatic N) is 2. The largest absolute Gasteiger partial charge is 0.465 e. The van der Waals surface area contributed by atoms with Crippen molar-refractivity contribution in [3.05, 3.63) is 66.8 Å². The van der Waals surface area contributed by atoms with Crippen LogP contribution >= 0.6 is 0 Å². The minimum atomic E-state index is -1.40. The van der Waals surface area contributed by atoms with Gasteiger partial charge in [0, 0.05) is 12.2 Å². The Morgan fingerprint density at radius 1 is 0.977 bits per heavy atom. The summed E-state index contributed by atoms with van der Waals surface area (Å²) in [5, 5.41) is 12.7. The van der Waals surface area contributed by atoms with Gasteiger partial charge in [-0.3, -0.25) is 14.4 Å². The highest BCUT2D eigenvalue weighted by atomic mass is 16.6. The SMILES string of the molecule is CC[C@H](C)[C@H](CO)N1C(=O)[C@@H]2[C@@H]3C(=O)OCCCC/C=C\[C@]3(CC)O[C@@]23C=CCN(c2ccc4ccccc4c2)C(=O)C13. The summed E-state index contributed by atoms with van der Waals surface area (Å²) in [5.74, 6) is -3.08. The molecule has 2 saturated heterocycles. The Labute approximate surface area is 253 Å². The second-order valence-electron chi connectivity index (χ2n) is 12.5. The van der Waals surface area contributed by atoms with Crippen molar-refractivity contribution in [2.45, 2.75) is 76.2 Å². The molecular weight excluding hydrogens is 544 g/mol. The van der Waals surface area contributed by atoms with Crippen LogP contribution in [-0.4, -0.2) is 70.8 Å². The summed E-state index contributed by atoms with van der Waals surface area (Å²) in [5.41, 5.74) is -1.79. The third-order valence-electron chi connectivity index (χ3n) is 10.2. The maximum Gasteiger partial charge on any atom is 0.313 e. The van der Waals surface area contributed by atoms with Crippen molar-refractivity contribution < 1.29 is 29.0 Å². The van der Waals surface area contributed by atoms with Gasteiger partial charge in [0.1, 0.15) is 23.2 Å². The number of hydrogen-bond acceptors (Lipinski definition) is 6. The first-order valence-electron chi connectivity index (χ1n) is 15.8. The van der Waals surface area contributed by atoms with Gasteiger partial charge in [-0.1, -0.05) is 81.8 Å². The van der Waals surface area contributed by atoms with E-state index in [4.69, 9.17) is 9.47 Å². The summed E-state index contributed by atoms with van der Waals surface area (Å²) >= 11 is 0. The number of likely N-dealkylation sites (tertiary alicyclic amines) is 1. The highest BCUT2D eigenvalue weighted by Gasteiger charge is 2.76. The van der Waals surface area contributed by atoms with Crippen molar-refractivity contribution in [3.63, 3.8) is 0 Å². The van der Waals surface area contributed by atoms with E-state index in [0.29, 0.717) is 18.5 Å².